The predicted octanol–water partition coefficient (Wildman–Crippen LogP) is 3.47. The van der Waals surface area contributed by atoms with E-state index >= 15 is 0 Å². The lowest BCUT2D eigenvalue weighted by Crippen LogP contribution is -2.41. The van der Waals surface area contributed by atoms with Crippen LogP contribution in [0.1, 0.15) is 27.7 Å². The molecule has 102 valence electrons. The molecule has 0 aliphatic rings. The van der Waals surface area contributed by atoms with Gasteiger partial charge in [0.15, 0.2) is 7.56 Å². The van der Waals surface area contributed by atoms with Crippen LogP contribution in [-0.2, 0) is 0 Å². The van der Waals surface area contributed by atoms with Gasteiger partial charge in [0.1, 0.15) is 5.30 Å². The van der Waals surface area contributed by atoms with Gasteiger partial charge in [-0.3, -0.25) is 0 Å². The van der Waals surface area contributed by atoms with Gasteiger partial charge < -0.3 is 0 Å². The van der Waals surface area contributed by atoms with Crippen molar-refractivity contribution in [3.63, 3.8) is 0 Å². The fraction of sp³-hybridized carbons (Fsp3) is 0.600. The van der Waals surface area contributed by atoms with Crippen LogP contribution in [0.2, 0.25) is 0 Å². The summed E-state index contributed by atoms with van der Waals surface area (Å²) >= 11 is 0. The van der Waals surface area contributed by atoms with Crippen LogP contribution in [0.3, 0.4) is 0 Å². The third kappa shape index (κ3) is 2.93. The zero-order chi connectivity index (χ0) is 13.6. The maximum atomic E-state index is 2.65. The summed E-state index contributed by atoms with van der Waals surface area (Å²) in [6.45, 7) is 16.0. The molecule has 0 unspecified atom stereocenters. The van der Waals surface area contributed by atoms with E-state index in [1.807, 2.05) is 0 Å². The molecular formula is C15H28N2P+. The minimum atomic E-state index is -1.38. The lowest BCUT2D eigenvalue weighted by atomic mass is 10.4. The summed E-state index contributed by atoms with van der Waals surface area (Å²) in [5.41, 5.74) is 0. The Morgan fingerprint density at radius 1 is 0.778 bits per heavy atom. The zero-order valence-corrected chi connectivity index (χ0v) is 13.5. The highest BCUT2D eigenvalue weighted by Crippen LogP contribution is 2.59. The van der Waals surface area contributed by atoms with E-state index in [1.165, 1.54) is 5.30 Å². The molecule has 0 radical (unpaired) electrons. The van der Waals surface area contributed by atoms with E-state index in [1.54, 1.807) is 0 Å². The topological polar surface area (TPSA) is 6.48 Å². The molecule has 0 saturated heterocycles. The Kier molecular flexibility index (Phi) is 6.28. The Hall–Kier alpha value is -0.430. The van der Waals surface area contributed by atoms with Gasteiger partial charge in [0.05, 0.1) is 6.66 Å². The number of rotatable bonds is 7. The second kappa shape index (κ2) is 7.23. The van der Waals surface area contributed by atoms with Crippen molar-refractivity contribution in [2.75, 3.05) is 32.8 Å². The largest absolute Gasteiger partial charge is 0.182 e. The Bertz CT molecular complexity index is 320. The smallest absolute Gasteiger partial charge is 0.160 e. The number of hydrogen-bond donors (Lipinski definition) is 0. The molecule has 18 heavy (non-hydrogen) atoms. The van der Waals surface area contributed by atoms with Crippen molar-refractivity contribution in [2.45, 2.75) is 27.7 Å². The average molecular weight is 267 g/mol. The highest BCUT2D eigenvalue weighted by Gasteiger charge is 2.45. The molecule has 0 aliphatic heterocycles. The predicted molar refractivity (Wildman–Crippen MR) is 84.8 cm³/mol. The molecule has 0 amide bonds. The Morgan fingerprint density at radius 2 is 1.17 bits per heavy atom. The molecule has 2 nitrogen and oxygen atoms in total. The Balaban J connectivity index is 3.24. The third-order valence-electron chi connectivity index (χ3n) is 3.81. The summed E-state index contributed by atoms with van der Waals surface area (Å²) in [5, 5.41) is 1.50. The SMILES string of the molecule is CCN(CC)[P+](C)(c1ccccc1)N(CC)CC. The van der Waals surface area contributed by atoms with Crippen molar-refractivity contribution in [2.24, 2.45) is 0 Å². The van der Waals surface area contributed by atoms with Crippen LogP contribution < -0.4 is 5.30 Å². The summed E-state index contributed by atoms with van der Waals surface area (Å²) in [7, 11) is -1.38. The van der Waals surface area contributed by atoms with E-state index in [2.05, 4.69) is 74.0 Å². The molecule has 1 rings (SSSR count). The van der Waals surface area contributed by atoms with Crippen molar-refractivity contribution in [1.82, 2.24) is 9.34 Å². The third-order valence-corrected chi connectivity index (χ3v) is 8.42. The van der Waals surface area contributed by atoms with Crippen molar-refractivity contribution in [1.29, 1.82) is 0 Å². The Morgan fingerprint density at radius 3 is 1.50 bits per heavy atom. The summed E-state index contributed by atoms with van der Waals surface area (Å²) in [4.78, 5) is 0. The molecule has 0 atom stereocenters. The first-order valence-electron chi connectivity index (χ1n) is 7.07. The Labute approximate surface area is 113 Å². The van der Waals surface area contributed by atoms with Gasteiger partial charge >= 0.3 is 0 Å². The molecule has 0 aliphatic carbocycles. The lowest BCUT2D eigenvalue weighted by Gasteiger charge is -2.39. The van der Waals surface area contributed by atoms with Gasteiger partial charge in [-0.05, 0) is 39.8 Å². The molecular weight excluding hydrogens is 239 g/mol. The number of hydrogen-bond acceptors (Lipinski definition) is 2. The van der Waals surface area contributed by atoms with Gasteiger partial charge in [-0.2, -0.15) is 9.34 Å². The van der Waals surface area contributed by atoms with Crippen molar-refractivity contribution in [3.05, 3.63) is 30.3 Å². The standard InChI is InChI=1S/C15H28N2P/c1-6-16(7-2)18(5,17(8-3)9-4)15-13-11-10-12-14-15/h10-14H,6-9H2,1-5H3/q+1. The molecule has 0 N–H and O–H groups in total. The van der Waals surface area contributed by atoms with Crippen LogP contribution in [0.5, 0.6) is 0 Å². The summed E-state index contributed by atoms with van der Waals surface area (Å²) < 4.78 is 5.30. The highest BCUT2D eigenvalue weighted by atomic mass is 31.2. The van der Waals surface area contributed by atoms with Crippen LogP contribution in [0.4, 0.5) is 0 Å². The van der Waals surface area contributed by atoms with Crippen LogP contribution in [-0.4, -0.2) is 42.2 Å². The van der Waals surface area contributed by atoms with E-state index in [4.69, 9.17) is 0 Å². The zero-order valence-electron chi connectivity index (χ0n) is 12.6. The van der Waals surface area contributed by atoms with Gasteiger partial charge in [0.25, 0.3) is 0 Å². The minimum absolute atomic E-state index is 1.12. The second-order valence-electron chi connectivity index (χ2n) is 4.53. The summed E-state index contributed by atoms with van der Waals surface area (Å²) in [6, 6.07) is 11.0. The lowest BCUT2D eigenvalue weighted by molar-refractivity contribution is 0.417. The van der Waals surface area contributed by atoms with Crippen LogP contribution >= 0.6 is 7.56 Å². The minimum Gasteiger partial charge on any atom is -0.160 e. The average Bonchev–Trinajstić information content (AvgIpc) is 2.42. The maximum Gasteiger partial charge on any atom is 0.182 e. The maximum absolute atomic E-state index is 2.65. The fourth-order valence-electron chi connectivity index (χ4n) is 2.76. The molecule has 0 saturated carbocycles. The van der Waals surface area contributed by atoms with E-state index in [-0.39, 0.29) is 0 Å². The molecule has 0 bridgehead atoms. The van der Waals surface area contributed by atoms with Crippen LogP contribution in [0.15, 0.2) is 30.3 Å². The molecule has 0 spiro atoms. The first kappa shape index (κ1) is 15.6. The summed E-state index contributed by atoms with van der Waals surface area (Å²) in [6.07, 6.45) is 0. The molecule has 1 aromatic rings. The van der Waals surface area contributed by atoms with Gasteiger partial charge in [-0.25, -0.2) is 0 Å². The van der Waals surface area contributed by atoms with Crippen LogP contribution in [0.25, 0.3) is 0 Å². The van der Waals surface area contributed by atoms with E-state index < -0.39 is 7.56 Å². The molecule has 1 aromatic carbocycles. The first-order chi connectivity index (χ1) is 8.64. The normalized spacial score (nSPS) is 12.4. The van der Waals surface area contributed by atoms with E-state index in [0.717, 1.165) is 26.2 Å². The van der Waals surface area contributed by atoms with Gasteiger partial charge in [-0.15, -0.1) is 0 Å². The first-order valence-corrected chi connectivity index (χ1v) is 9.22. The summed E-state index contributed by atoms with van der Waals surface area (Å²) in [5.74, 6) is 0. The van der Waals surface area contributed by atoms with Gasteiger partial charge in [0, 0.05) is 26.2 Å². The molecule has 0 heterocycles. The van der Waals surface area contributed by atoms with Crippen molar-refractivity contribution < 1.29 is 0 Å². The molecule has 0 aromatic heterocycles. The second-order valence-corrected chi connectivity index (χ2v) is 8.00. The monoisotopic (exact) mass is 267 g/mol. The highest BCUT2D eigenvalue weighted by molar-refractivity contribution is 7.78. The quantitative estimate of drug-likeness (QED) is 0.698. The fourth-order valence-corrected chi connectivity index (χ4v) is 6.72. The number of nitrogens with zero attached hydrogens (tertiary/aromatic N) is 2. The van der Waals surface area contributed by atoms with Gasteiger partial charge in [0.2, 0.25) is 0 Å². The number of benzene rings is 1. The molecule has 0 fully saturated rings. The van der Waals surface area contributed by atoms with Crippen molar-refractivity contribution in [3.8, 4) is 0 Å². The molecule has 3 heteroatoms. The van der Waals surface area contributed by atoms with E-state index in [0.29, 0.717) is 0 Å². The van der Waals surface area contributed by atoms with Crippen molar-refractivity contribution >= 4 is 12.9 Å². The van der Waals surface area contributed by atoms with Gasteiger partial charge in [-0.1, -0.05) is 18.2 Å². The van der Waals surface area contributed by atoms with E-state index in [9.17, 15) is 0 Å². The van der Waals surface area contributed by atoms with Crippen LogP contribution in [0, 0.1) is 0 Å².